The predicted molar refractivity (Wildman–Crippen MR) is 201 cm³/mol. The molecular weight excluding hydrogens is 771 g/mol. The minimum atomic E-state index is -1.03. The van der Waals surface area contributed by atoms with Gasteiger partial charge < -0.3 is 31.6 Å². The van der Waals surface area contributed by atoms with Crippen molar-refractivity contribution in [2.24, 2.45) is 16.6 Å². The van der Waals surface area contributed by atoms with E-state index in [1.54, 1.807) is 0 Å². The van der Waals surface area contributed by atoms with Gasteiger partial charge in [0.1, 0.15) is 13.2 Å². The smallest absolute Gasteiger partial charge is 0.256 e. The van der Waals surface area contributed by atoms with Crippen LogP contribution in [-0.2, 0) is 9.59 Å². The Morgan fingerprint density at radius 3 is 1.64 bits per heavy atom. The summed E-state index contributed by atoms with van der Waals surface area (Å²) >= 11 is 0. The van der Waals surface area contributed by atoms with E-state index in [0.29, 0.717) is 38.8 Å². The van der Waals surface area contributed by atoms with Crippen molar-refractivity contribution in [3.05, 3.63) is 130 Å². The van der Waals surface area contributed by atoms with Gasteiger partial charge in [-0.2, -0.15) is 4.39 Å². The fourth-order valence-electron chi connectivity index (χ4n) is 5.14. The number of Topliss-reactive ketones (excluding diaryl/α,β-unsaturated/α-hetero) is 2. The van der Waals surface area contributed by atoms with Crippen LogP contribution in [-0.4, -0.2) is 66.8 Å². The SMILES string of the molecule is NCCCCC(NC(=O)c1cccnc1F)C(=O)COc1c(F)cccc1F.[N-]=[N+]=Nc1cccc(C(=O)NC(CCCCN)C(=O)COc2c(F)cccc2F)c1. The number of carbonyl (C=O) groups is 4. The van der Waals surface area contributed by atoms with E-state index in [1.165, 1.54) is 48.7 Å². The standard InChI is InChI=1S/C20H21F2N5O3.C19H20F3N3O3/c21-15-7-4-8-16(22)19(15)30-12-18(28)17(9-1-2-10-23)25-20(29)13-5-3-6-14(11-13)26-27-24;20-13-6-3-7-14(21)17(13)28-11-16(26)15(8-1-2-9-23)25-19(27)12-5-4-10-24-18(12)22/h3-8,11,17H,1-2,9-10,12,23H2,(H,25,29);3-7,10,15H,1-2,8-9,11,23H2,(H,25,27). The molecule has 308 valence electrons. The van der Waals surface area contributed by atoms with Crippen LogP contribution in [0.15, 0.2) is 84.1 Å². The third-order valence-corrected chi connectivity index (χ3v) is 8.11. The summed E-state index contributed by atoms with van der Waals surface area (Å²) in [6, 6.07) is 12.9. The van der Waals surface area contributed by atoms with E-state index in [9.17, 15) is 41.1 Å². The number of aromatic nitrogens is 1. The molecule has 0 aliphatic rings. The first-order valence-corrected chi connectivity index (χ1v) is 17.9. The third-order valence-electron chi connectivity index (χ3n) is 8.11. The van der Waals surface area contributed by atoms with E-state index in [0.717, 1.165) is 30.3 Å². The Bertz CT molecular complexity index is 2030. The third kappa shape index (κ3) is 14.6. The van der Waals surface area contributed by atoms with Gasteiger partial charge in [-0.1, -0.05) is 29.4 Å². The van der Waals surface area contributed by atoms with Gasteiger partial charge in [-0.3, -0.25) is 19.2 Å². The highest BCUT2D eigenvalue weighted by Gasteiger charge is 2.25. The maximum Gasteiger partial charge on any atom is 0.256 e. The molecule has 6 N–H and O–H groups in total. The number of unbranched alkanes of at least 4 members (excludes halogenated alkanes) is 2. The number of pyridine rings is 1. The van der Waals surface area contributed by atoms with Gasteiger partial charge >= 0.3 is 0 Å². The number of halogens is 5. The fraction of sp³-hybridized carbons (Fsp3) is 0.308. The van der Waals surface area contributed by atoms with Crippen molar-refractivity contribution in [3.63, 3.8) is 0 Å². The van der Waals surface area contributed by atoms with Crippen LogP contribution in [0.3, 0.4) is 0 Å². The molecule has 4 aromatic rings. The number of nitrogens with one attached hydrogen (secondary N) is 2. The number of nitrogens with two attached hydrogens (primary N) is 2. The van der Waals surface area contributed by atoms with Crippen LogP contribution in [0.2, 0.25) is 0 Å². The number of ether oxygens (including phenoxy) is 2. The minimum Gasteiger partial charge on any atom is -0.480 e. The molecule has 19 heteroatoms. The highest BCUT2D eigenvalue weighted by molar-refractivity contribution is 5.99. The second-order valence-electron chi connectivity index (χ2n) is 12.3. The van der Waals surface area contributed by atoms with Gasteiger partial charge in [-0.25, -0.2) is 22.5 Å². The summed E-state index contributed by atoms with van der Waals surface area (Å²) in [5.41, 5.74) is 19.5. The minimum absolute atomic E-state index is 0.192. The number of para-hydroxylation sites is 2. The van der Waals surface area contributed by atoms with Crippen molar-refractivity contribution in [2.45, 2.75) is 50.6 Å². The van der Waals surface area contributed by atoms with E-state index in [1.807, 2.05) is 0 Å². The first-order valence-electron chi connectivity index (χ1n) is 17.9. The van der Waals surface area contributed by atoms with Gasteiger partial charge in [-0.05, 0) is 106 Å². The lowest BCUT2D eigenvalue weighted by Crippen LogP contribution is -2.43. The van der Waals surface area contributed by atoms with E-state index in [-0.39, 0.29) is 29.7 Å². The van der Waals surface area contributed by atoms with Crippen molar-refractivity contribution in [2.75, 3.05) is 26.3 Å². The molecule has 1 heterocycles. The molecule has 0 radical (unpaired) electrons. The summed E-state index contributed by atoms with van der Waals surface area (Å²) in [7, 11) is 0. The Morgan fingerprint density at radius 1 is 0.690 bits per heavy atom. The molecule has 0 fully saturated rings. The van der Waals surface area contributed by atoms with Crippen LogP contribution >= 0.6 is 0 Å². The van der Waals surface area contributed by atoms with Crippen molar-refractivity contribution < 1.29 is 50.6 Å². The molecule has 0 aliphatic carbocycles. The van der Waals surface area contributed by atoms with Crippen LogP contribution < -0.4 is 31.6 Å². The molecule has 0 saturated heterocycles. The predicted octanol–water partition coefficient (Wildman–Crippen LogP) is 6.16. The van der Waals surface area contributed by atoms with E-state index >= 15 is 0 Å². The molecule has 1 aromatic heterocycles. The van der Waals surface area contributed by atoms with Crippen molar-refractivity contribution in [1.29, 1.82) is 0 Å². The molecule has 2 amide bonds. The average Bonchev–Trinajstić information content (AvgIpc) is 3.20. The van der Waals surface area contributed by atoms with Crippen LogP contribution in [0.4, 0.5) is 27.6 Å². The lowest BCUT2D eigenvalue weighted by atomic mass is 10.0. The van der Waals surface area contributed by atoms with Gasteiger partial charge in [0.2, 0.25) is 5.95 Å². The van der Waals surface area contributed by atoms with Crippen LogP contribution in [0.25, 0.3) is 10.4 Å². The van der Waals surface area contributed by atoms with Gasteiger partial charge in [0, 0.05) is 22.4 Å². The second kappa shape index (κ2) is 24.3. The maximum atomic E-state index is 13.7. The number of rotatable bonds is 21. The van der Waals surface area contributed by atoms with Crippen LogP contribution in [0, 0.1) is 29.2 Å². The number of amides is 2. The Morgan fingerprint density at radius 2 is 1.17 bits per heavy atom. The molecule has 0 aliphatic heterocycles. The summed E-state index contributed by atoms with van der Waals surface area (Å²) in [5.74, 6) is -8.61. The number of hydrogen-bond donors (Lipinski definition) is 4. The van der Waals surface area contributed by atoms with Gasteiger partial charge in [0.05, 0.1) is 17.6 Å². The molecule has 58 heavy (non-hydrogen) atoms. The zero-order valence-electron chi connectivity index (χ0n) is 31.0. The summed E-state index contributed by atoms with van der Waals surface area (Å²) < 4.78 is 78.3. The molecule has 0 saturated carbocycles. The van der Waals surface area contributed by atoms with Crippen molar-refractivity contribution in [3.8, 4) is 11.5 Å². The Labute approximate surface area is 329 Å². The number of azide groups is 1. The molecule has 4 rings (SSSR count). The number of ketones is 2. The molecule has 0 spiro atoms. The topological polar surface area (TPSA) is 224 Å². The summed E-state index contributed by atoms with van der Waals surface area (Å²) in [4.78, 5) is 55.9. The number of benzene rings is 3. The van der Waals surface area contributed by atoms with Crippen molar-refractivity contribution in [1.82, 2.24) is 15.6 Å². The van der Waals surface area contributed by atoms with E-state index in [2.05, 4.69) is 25.6 Å². The lowest BCUT2D eigenvalue weighted by molar-refractivity contribution is -0.123. The van der Waals surface area contributed by atoms with E-state index < -0.39 is 89.4 Å². The normalized spacial score (nSPS) is 11.5. The maximum absolute atomic E-state index is 13.7. The fourth-order valence-corrected chi connectivity index (χ4v) is 5.14. The quantitative estimate of drug-likeness (QED) is 0.0189. The first kappa shape index (κ1) is 46.0. The molecule has 2 unspecified atom stereocenters. The summed E-state index contributed by atoms with van der Waals surface area (Å²) in [6.07, 6.45) is 3.98. The zero-order valence-corrected chi connectivity index (χ0v) is 31.0. The summed E-state index contributed by atoms with van der Waals surface area (Å²) in [6.45, 7) is -0.478. The second-order valence-corrected chi connectivity index (χ2v) is 12.3. The monoisotopic (exact) mass is 812 g/mol. The van der Waals surface area contributed by atoms with Gasteiger partial charge in [-0.15, -0.1) is 0 Å². The van der Waals surface area contributed by atoms with Crippen molar-refractivity contribution >= 4 is 29.1 Å². The van der Waals surface area contributed by atoms with Gasteiger partial charge in [0.25, 0.3) is 11.8 Å². The Hall–Kier alpha value is -6.43. The number of carbonyl (C=O) groups excluding carboxylic acids is 4. The van der Waals surface area contributed by atoms with Gasteiger partial charge in [0.15, 0.2) is 46.3 Å². The van der Waals surface area contributed by atoms with E-state index in [4.69, 9.17) is 26.5 Å². The number of hydrogen-bond acceptors (Lipinski definition) is 10. The molecule has 2 atom stereocenters. The largest absolute Gasteiger partial charge is 0.480 e. The number of nitrogens with zero attached hydrogens (tertiary/aromatic N) is 4. The first-order chi connectivity index (χ1) is 27.9. The molecule has 0 bridgehead atoms. The Kier molecular flexibility index (Phi) is 19.2. The average molecular weight is 813 g/mol. The molecule has 14 nitrogen and oxygen atoms in total. The molecular formula is C39H41F5N8O6. The highest BCUT2D eigenvalue weighted by atomic mass is 19.1. The highest BCUT2D eigenvalue weighted by Crippen LogP contribution is 2.22. The Balaban J connectivity index is 0.000000311. The van der Waals surface area contributed by atoms with Crippen LogP contribution in [0.5, 0.6) is 11.5 Å². The van der Waals surface area contributed by atoms with Crippen LogP contribution in [0.1, 0.15) is 59.2 Å². The lowest BCUT2D eigenvalue weighted by Gasteiger charge is -2.18. The summed E-state index contributed by atoms with van der Waals surface area (Å²) in [5, 5.41) is 8.45. The zero-order chi connectivity index (χ0) is 42.5. The molecule has 3 aromatic carbocycles.